The molecule has 37 heavy (non-hydrogen) atoms. The van der Waals surface area contributed by atoms with Crippen LogP contribution in [0.5, 0.6) is 5.75 Å². The molecular weight excluding hydrogens is 469 g/mol. The van der Waals surface area contributed by atoms with Crippen LogP contribution in [0.15, 0.2) is 48.5 Å². The molecule has 0 unspecified atom stereocenters. The van der Waals surface area contributed by atoms with E-state index in [4.69, 9.17) is 4.74 Å². The Morgan fingerprint density at radius 2 is 1.78 bits per heavy atom. The maximum Gasteiger partial charge on any atom is 0.308 e. The normalized spacial score (nSPS) is 14.7. The molecule has 0 saturated carbocycles. The molecule has 1 aliphatic heterocycles. The summed E-state index contributed by atoms with van der Waals surface area (Å²) < 4.78 is 19.0. The van der Waals surface area contributed by atoms with E-state index in [0.29, 0.717) is 30.0 Å². The number of carbonyl (C=O) groups is 1. The monoisotopic (exact) mass is 501 g/mol. The van der Waals surface area contributed by atoms with Crippen LogP contribution in [0.4, 0.5) is 10.1 Å². The van der Waals surface area contributed by atoms with Gasteiger partial charge in [-0.15, -0.1) is 0 Å². The van der Waals surface area contributed by atoms with E-state index in [1.54, 1.807) is 12.1 Å². The SMILES string of the molecule is Cc1nc(C#N)c(CC(=O)O)c(N2CCC(C)(C)CC2)c1-c1ccc(OCCc2ccc(F)cc2)cc1. The van der Waals surface area contributed by atoms with Crippen LogP contribution in [0.2, 0.25) is 0 Å². The van der Waals surface area contributed by atoms with Crippen molar-refractivity contribution >= 4 is 11.7 Å². The molecule has 0 radical (unpaired) electrons. The van der Waals surface area contributed by atoms with Gasteiger partial charge in [-0.25, -0.2) is 9.37 Å². The molecule has 0 spiro atoms. The summed E-state index contributed by atoms with van der Waals surface area (Å²) >= 11 is 0. The van der Waals surface area contributed by atoms with E-state index < -0.39 is 5.97 Å². The first-order valence-electron chi connectivity index (χ1n) is 12.5. The van der Waals surface area contributed by atoms with Gasteiger partial charge in [0.15, 0.2) is 0 Å². The molecule has 7 heteroatoms. The lowest BCUT2D eigenvalue weighted by Crippen LogP contribution is -2.38. The molecule has 0 bridgehead atoms. The van der Waals surface area contributed by atoms with E-state index in [-0.39, 0.29) is 23.3 Å². The third kappa shape index (κ3) is 6.26. The summed E-state index contributed by atoms with van der Waals surface area (Å²) in [7, 11) is 0. The van der Waals surface area contributed by atoms with Gasteiger partial charge in [0.25, 0.3) is 0 Å². The zero-order valence-corrected chi connectivity index (χ0v) is 21.6. The number of carboxylic acid groups (broad SMARTS) is 1. The van der Waals surface area contributed by atoms with Gasteiger partial charge in [-0.05, 0) is 60.6 Å². The van der Waals surface area contributed by atoms with Crippen molar-refractivity contribution in [2.24, 2.45) is 5.41 Å². The maximum absolute atomic E-state index is 13.1. The first-order valence-corrected chi connectivity index (χ1v) is 12.5. The zero-order valence-electron chi connectivity index (χ0n) is 21.6. The lowest BCUT2D eigenvalue weighted by Gasteiger charge is -2.40. The summed E-state index contributed by atoms with van der Waals surface area (Å²) in [5.41, 5.74) is 5.09. The highest BCUT2D eigenvalue weighted by molar-refractivity contribution is 5.87. The van der Waals surface area contributed by atoms with Gasteiger partial charge in [0.2, 0.25) is 0 Å². The van der Waals surface area contributed by atoms with Crippen molar-refractivity contribution in [1.82, 2.24) is 4.98 Å². The summed E-state index contributed by atoms with van der Waals surface area (Å²) in [6, 6.07) is 16.2. The number of rotatable bonds is 8. The van der Waals surface area contributed by atoms with E-state index in [2.05, 4.69) is 29.8 Å². The predicted octanol–water partition coefficient (Wildman–Crippen LogP) is 5.94. The minimum absolute atomic E-state index is 0.171. The molecule has 1 saturated heterocycles. The Hall–Kier alpha value is -3.92. The van der Waals surface area contributed by atoms with Crippen molar-refractivity contribution in [2.45, 2.75) is 46.5 Å². The second-order valence-electron chi connectivity index (χ2n) is 10.3. The fourth-order valence-corrected chi connectivity index (χ4v) is 4.82. The fourth-order valence-electron chi connectivity index (χ4n) is 4.82. The van der Waals surface area contributed by atoms with Crippen molar-refractivity contribution < 1.29 is 19.0 Å². The number of carboxylic acids is 1. The molecule has 1 aromatic heterocycles. The van der Waals surface area contributed by atoms with Crippen molar-refractivity contribution in [1.29, 1.82) is 5.26 Å². The van der Waals surface area contributed by atoms with E-state index >= 15 is 0 Å². The second-order valence-corrected chi connectivity index (χ2v) is 10.3. The van der Waals surface area contributed by atoms with Crippen LogP contribution in [-0.4, -0.2) is 35.8 Å². The van der Waals surface area contributed by atoms with Gasteiger partial charge >= 0.3 is 5.97 Å². The summed E-state index contributed by atoms with van der Waals surface area (Å²) in [6.45, 7) is 8.38. The van der Waals surface area contributed by atoms with Gasteiger partial charge in [0, 0.05) is 36.3 Å². The van der Waals surface area contributed by atoms with Crippen molar-refractivity contribution in [2.75, 3.05) is 24.6 Å². The average molecular weight is 502 g/mol. The number of nitriles is 1. The number of benzene rings is 2. The Labute approximate surface area is 217 Å². The topological polar surface area (TPSA) is 86.5 Å². The van der Waals surface area contributed by atoms with Crippen LogP contribution in [0.1, 0.15) is 49.2 Å². The lowest BCUT2D eigenvalue weighted by molar-refractivity contribution is -0.136. The summed E-state index contributed by atoms with van der Waals surface area (Å²) in [4.78, 5) is 18.5. The number of anilines is 1. The van der Waals surface area contributed by atoms with Crippen LogP contribution in [0.3, 0.4) is 0 Å². The average Bonchev–Trinajstić information content (AvgIpc) is 2.86. The summed E-state index contributed by atoms with van der Waals surface area (Å²) in [5, 5.41) is 19.4. The highest BCUT2D eigenvalue weighted by Crippen LogP contribution is 2.41. The summed E-state index contributed by atoms with van der Waals surface area (Å²) in [6.07, 6.45) is 2.35. The van der Waals surface area contributed by atoms with Gasteiger partial charge in [-0.3, -0.25) is 4.79 Å². The number of piperidine rings is 1. The first-order chi connectivity index (χ1) is 17.7. The lowest BCUT2D eigenvalue weighted by atomic mass is 9.82. The molecule has 1 fully saturated rings. The highest BCUT2D eigenvalue weighted by Gasteiger charge is 2.30. The van der Waals surface area contributed by atoms with E-state index in [1.165, 1.54) is 12.1 Å². The van der Waals surface area contributed by atoms with E-state index in [0.717, 1.165) is 48.3 Å². The van der Waals surface area contributed by atoms with E-state index in [9.17, 15) is 19.6 Å². The first kappa shape index (κ1) is 26.2. The Morgan fingerprint density at radius 1 is 1.14 bits per heavy atom. The largest absolute Gasteiger partial charge is 0.493 e. The Kier molecular flexibility index (Phi) is 7.77. The molecule has 0 amide bonds. The molecule has 192 valence electrons. The third-order valence-corrected chi connectivity index (χ3v) is 7.03. The van der Waals surface area contributed by atoms with Crippen LogP contribution in [-0.2, 0) is 17.6 Å². The number of aromatic nitrogens is 1. The number of aliphatic carboxylic acids is 1. The predicted molar refractivity (Wildman–Crippen MR) is 141 cm³/mol. The van der Waals surface area contributed by atoms with Crippen molar-refractivity contribution in [3.05, 3.63) is 76.9 Å². The Morgan fingerprint density at radius 3 is 2.38 bits per heavy atom. The molecule has 4 rings (SSSR count). The quantitative estimate of drug-likeness (QED) is 0.411. The number of hydrogen-bond donors (Lipinski definition) is 1. The Balaban J connectivity index is 1.64. The third-order valence-electron chi connectivity index (χ3n) is 7.03. The summed E-state index contributed by atoms with van der Waals surface area (Å²) in [5.74, 6) is -0.541. The van der Waals surface area contributed by atoms with Crippen LogP contribution >= 0.6 is 0 Å². The number of nitrogens with zero attached hydrogens (tertiary/aromatic N) is 3. The smallest absolute Gasteiger partial charge is 0.308 e. The number of hydrogen-bond acceptors (Lipinski definition) is 5. The van der Waals surface area contributed by atoms with E-state index in [1.807, 2.05) is 31.2 Å². The molecule has 1 N–H and O–H groups in total. The van der Waals surface area contributed by atoms with Gasteiger partial charge in [0.1, 0.15) is 23.3 Å². The second kappa shape index (κ2) is 11.0. The van der Waals surface area contributed by atoms with Gasteiger partial charge in [-0.1, -0.05) is 38.1 Å². The molecule has 0 atom stereocenters. The van der Waals surface area contributed by atoms with Gasteiger partial charge < -0.3 is 14.7 Å². The van der Waals surface area contributed by atoms with Crippen LogP contribution < -0.4 is 9.64 Å². The number of aryl methyl sites for hydroxylation is 1. The molecule has 0 aliphatic carbocycles. The van der Waals surface area contributed by atoms with Crippen LogP contribution in [0.25, 0.3) is 11.1 Å². The number of halogens is 1. The highest BCUT2D eigenvalue weighted by atomic mass is 19.1. The van der Waals surface area contributed by atoms with Crippen molar-refractivity contribution in [3.8, 4) is 22.9 Å². The van der Waals surface area contributed by atoms with Gasteiger partial charge in [0.05, 0.1) is 18.7 Å². The van der Waals surface area contributed by atoms with Crippen molar-refractivity contribution in [3.63, 3.8) is 0 Å². The maximum atomic E-state index is 13.1. The molecular formula is C30H32FN3O3. The molecule has 2 aromatic carbocycles. The molecule has 2 heterocycles. The zero-order chi connectivity index (χ0) is 26.6. The molecule has 6 nitrogen and oxygen atoms in total. The van der Waals surface area contributed by atoms with Gasteiger partial charge in [-0.2, -0.15) is 5.26 Å². The standard InChI is InChI=1S/C30H32FN3O3/c1-20-28(22-6-10-24(11-7-22)37-17-12-21-4-8-23(31)9-5-21)29(34-15-13-30(2,3)14-16-34)25(18-27(35)36)26(19-32)33-20/h4-11H,12-18H2,1-3H3,(H,35,36). The Bertz CT molecular complexity index is 1300. The number of ether oxygens (including phenoxy) is 1. The minimum Gasteiger partial charge on any atom is -0.493 e. The van der Waals surface area contributed by atoms with Crippen LogP contribution in [0, 0.1) is 29.5 Å². The number of pyridine rings is 1. The molecule has 1 aliphatic rings. The fraction of sp³-hybridized carbons (Fsp3) is 0.367. The molecule has 3 aromatic rings. The minimum atomic E-state index is -0.989.